The number of fused-ring (bicyclic) bond motifs is 9. The maximum atomic E-state index is 2.47. The second-order valence-electron chi connectivity index (χ2n) is 18.8. The Labute approximate surface area is 350 Å². The molecule has 8 aromatic carbocycles. The molecule has 0 atom stereocenters. The molecular formula is C59H50. The fourth-order valence-electron chi connectivity index (χ4n) is 11.1. The summed E-state index contributed by atoms with van der Waals surface area (Å²) < 4.78 is 0. The summed E-state index contributed by atoms with van der Waals surface area (Å²) in [6.45, 7) is 16.6. The second kappa shape index (κ2) is 12.6. The number of aryl methyl sites for hydroxylation is 1. The molecular weight excluding hydrogens is 709 g/mol. The molecule has 0 nitrogen and oxygen atoms in total. The zero-order valence-electron chi connectivity index (χ0n) is 35.3. The highest BCUT2D eigenvalue weighted by Crippen LogP contribution is 2.53. The Morgan fingerprint density at radius 2 is 0.576 bits per heavy atom. The number of hydrogen-bond donors (Lipinski definition) is 0. The van der Waals surface area contributed by atoms with Crippen molar-refractivity contribution in [3.8, 4) is 77.9 Å². The molecule has 0 unspecified atom stereocenters. The zero-order chi connectivity index (χ0) is 40.4. The van der Waals surface area contributed by atoms with E-state index < -0.39 is 0 Å². The summed E-state index contributed by atoms with van der Waals surface area (Å²) in [7, 11) is 0. The minimum Gasteiger partial charge on any atom is -0.0619 e. The first kappa shape index (κ1) is 35.9. The number of benzene rings is 8. The molecule has 0 bridgehead atoms. The Bertz CT molecular complexity index is 2930. The molecule has 3 aliphatic carbocycles. The van der Waals surface area contributed by atoms with E-state index in [4.69, 9.17) is 0 Å². The molecule has 0 aromatic heterocycles. The third-order valence-corrected chi connectivity index (χ3v) is 14.5. The van der Waals surface area contributed by atoms with E-state index in [1.54, 1.807) is 0 Å². The van der Waals surface area contributed by atoms with E-state index >= 15 is 0 Å². The average molecular weight is 759 g/mol. The third kappa shape index (κ3) is 5.22. The molecule has 286 valence electrons. The maximum Gasteiger partial charge on any atom is 0.0159 e. The molecule has 0 saturated heterocycles. The van der Waals surface area contributed by atoms with Crippen molar-refractivity contribution in [3.05, 3.63) is 203 Å². The van der Waals surface area contributed by atoms with Crippen LogP contribution in [0.15, 0.2) is 164 Å². The summed E-state index contributed by atoms with van der Waals surface area (Å²) in [6.07, 6.45) is 0.946. The monoisotopic (exact) mass is 758 g/mol. The van der Waals surface area contributed by atoms with Crippen molar-refractivity contribution >= 4 is 0 Å². The van der Waals surface area contributed by atoms with Gasteiger partial charge in [0.25, 0.3) is 0 Å². The van der Waals surface area contributed by atoms with Crippen molar-refractivity contribution in [3.63, 3.8) is 0 Å². The SMILES string of the molecule is CCc1cc(-c2ccc3c(c2)C(C)(C)c2ccccc2-3)ccc1-c1cc(-c2ccc3c(c2)C(C)(C)c2ccccc2-3)cc(-c2ccc3c(c2)C(C)(C)c2ccccc2-3)c1. The van der Waals surface area contributed by atoms with Gasteiger partial charge in [0.2, 0.25) is 0 Å². The van der Waals surface area contributed by atoms with Crippen LogP contribution in [0.3, 0.4) is 0 Å². The van der Waals surface area contributed by atoms with Gasteiger partial charge in [0.15, 0.2) is 0 Å². The van der Waals surface area contributed by atoms with Crippen LogP contribution in [0.1, 0.15) is 87.4 Å². The standard InChI is InChI=1S/C59H50/c1-8-36-29-37(38-22-26-48-45-15-9-12-18-51(45)57(2,3)54(48)33-38)21-25-44(36)43-31-41(39-23-27-49-46-16-10-13-19-52(46)58(4,5)55(49)34-39)30-42(32-43)40-24-28-50-47-17-11-14-20-53(47)59(6,7)56(50)35-40/h9-35H,8H2,1-7H3. The summed E-state index contributed by atoms with van der Waals surface area (Å²) in [5.74, 6) is 0. The van der Waals surface area contributed by atoms with Crippen LogP contribution in [0.5, 0.6) is 0 Å². The molecule has 0 radical (unpaired) electrons. The van der Waals surface area contributed by atoms with Gasteiger partial charge in [-0.2, -0.15) is 0 Å². The quantitative estimate of drug-likeness (QED) is 0.164. The van der Waals surface area contributed by atoms with E-state index in [2.05, 4.69) is 212 Å². The fraction of sp³-hybridized carbons (Fsp3) is 0.186. The van der Waals surface area contributed by atoms with Crippen LogP contribution < -0.4 is 0 Å². The van der Waals surface area contributed by atoms with E-state index in [9.17, 15) is 0 Å². The molecule has 11 rings (SSSR count). The molecule has 0 spiro atoms. The minimum atomic E-state index is -0.0658. The highest BCUT2D eigenvalue weighted by Gasteiger charge is 2.37. The van der Waals surface area contributed by atoms with Crippen LogP contribution in [-0.2, 0) is 22.7 Å². The van der Waals surface area contributed by atoms with Crippen LogP contribution >= 0.6 is 0 Å². The Morgan fingerprint density at radius 1 is 0.271 bits per heavy atom. The Hall–Kier alpha value is -6.24. The van der Waals surface area contributed by atoms with E-state index in [1.165, 1.54) is 117 Å². The Kier molecular flexibility index (Phi) is 7.68. The van der Waals surface area contributed by atoms with E-state index in [1.807, 2.05) is 0 Å². The van der Waals surface area contributed by atoms with E-state index in [0.29, 0.717) is 0 Å². The molecule has 0 fully saturated rings. The predicted octanol–water partition coefficient (Wildman–Crippen LogP) is 15.8. The summed E-state index contributed by atoms with van der Waals surface area (Å²) in [5, 5.41) is 0. The number of rotatable bonds is 5. The molecule has 0 amide bonds. The van der Waals surface area contributed by atoms with Gasteiger partial charge in [-0.05, 0) is 160 Å². The van der Waals surface area contributed by atoms with Gasteiger partial charge in [0.1, 0.15) is 0 Å². The second-order valence-corrected chi connectivity index (χ2v) is 18.8. The van der Waals surface area contributed by atoms with E-state index in [0.717, 1.165) is 6.42 Å². The van der Waals surface area contributed by atoms with Gasteiger partial charge in [-0.1, -0.05) is 176 Å². The predicted molar refractivity (Wildman–Crippen MR) is 250 cm³/mol. The van der Waals surface area contributed by atoms with E-state index in [-0.39, 0.29) is 16.2 Å². The molecule has 0 heteroatoms. The van der Waals surface area contributed by atoms with Crippen molar-refractivity contribution in [1.82, 2.24) is 0 Å². The fourth-order valence-corrected chi connectivity index (χ4v) is 11.1. The van der Waals surface area contributed by atoms with Gasteiger partial charge >= 0.3 is 0 Å². The van der Waals surface area contributed by atoms with Gasteiger partial charge in [0, 0.05) is 16.2 Å². The summed E-state index contributed by atoms with van der Waals surface area (Å²) in [5.41, 5.74) is 28.0. The Morgan fingerprint density at radius 3 is 0.966 bits per heavy atom. The largest absolute Gasteiger partial charge is 0.0619 e. The molecule has 8 aromatic rings. The molecule has 59 heavy (non-hydrogen) atoms. The van der Waals surface area contributed by atoms with Crippen LogP contribution in [0, 0.1) is 0 Å². The van der Waals surface area contributed by atoms with Gasteiger partial charge in [-0.3, -0.25) is 0 Å². The van der Waals surface area contributed by atoms with Gasteiger partial charge in [-0.25, -0.2) is 0 Å². The summed E-state index contributed by atoms with van der Waals surface area (Å²) >= 11 is 0. The maximum absolute atomic E-state index is 2.47. The van der Waals surface area contributed by atoms with Crippen molar-refractivity contribution in [1.29, 1.82) is 0 Å². The molecule has 0 N–H and O–H groups in total. The Balaban J connectivity index is 1.05. The molecule has 0 heterocycles. The lowest BCUT2D eigenvalue weighted by Crippen LogP contribution is -2.15. The van der Waals surface area contributed by atoms with Crippen LogP contribution in [0.25, 0.3) is 77.9 Å². The van der Waals surface area contributed by atoms with Crippen LogP contribution in [0.4, 0.5) is 0 Å². The highest BCUT2D eigenvalue weighted by molar-refractivity contribution is 5.90. The van der Waals surface area contributed by atoms with Gasteiger partial charge in [0.05, 0.1) is 0 Å². The smallest absolute Gasteiger partial charge is 0.0159 e. The van der Waals surface area contributed by atoms with Crippen molar-refractivity contribution < 1.29 is 0 Å². The lowest BCUT2D eigenvalue weighted by molar-refractivity contribution is 0.660. The van der Waals surface area contributed by atoms with Crippen molar-refractivity contribution in [2.75, 3.05) is 0 Å². The zero-order valence-corrected chi connectivity index (χ0v) is 35.3. The summed E-state index contributed by atoms with van der Waals surface area (Å²) in [6, 6.07) is 62.8. The summed E-state index contributed by atoms with van der Waals surface area (Å²) in [4.78, 5) is 0. The molecule has 0 aliphatic heterocycles. The van der Waals surface area contributed by atoms with Gasteiger partial charge < -0.3 is 0 Å². The third-order valence-electron chi connectivity index (χ3n) is 14.5. The molecule has 0 saturated carbocycles. The van der Waals surface area contributed by atoms with Crippen LogP contribution in [0.2, 0.25) is 0 Å². The average Bonchev–Trinajstić information content (AvgIpc) is 3.75. The lowest BCUT2D eigenvalue weighted by atomic mass is 9.80. The van der Waals surface area contributed by atoms with Crippen molar-refractivity contribution in [2.45, 2.75) is 71.1 Å². The highest BCUT2D eigenvalue weighted by atomic mass is 14.4. The molecule has 3 aliphatic rings. The first-order valence-corrected chi connectivity index (χ1v) is 21.5. The first-order chi connectivity index (χ1) is 28.4. The van der Waals surface area contributed by atoms with Crippen molar-refractivity contribution in [2.24, 2.45) is 0 Å². The lowest BCUT2D eigenvalue weighted by Gasteiger charge is -2.23. The van der Waals surface area contributed by atoms with Gasteiger partial charge in [-0.15, -0.1) is 0 Å². The number of hydrogen-bond acceptors (Lipinski definition) is 0. The topological polar surface area (TPSA) is 0 Å². The normalized spacial score (nSPS) is 15.5. The minimum absolute atomic E-state index is 0.0303. The first-order valence-electron chi connectivity index (χ1n) is 21.5. The van der Waals surface area contributed by atoms with Crippen LogP contribution in [-0.4, -0.2) is 0 Å².